The van der Waals surface area contributed by atoms with Gasteiger partial charge in [-0.15, -0.1) is 0 Å². The highest BCUT2D eigenvalue weighted by Crippen LogP contribution is 2.47. The van der Waals surface area contributed by atoms with Gasteiger partial charge < -0.3 is 19.9 Å². The molecule has 1 atom stereocenters. The number of anilines is 1. The third kappa shape index (κ3) is 3.98. The predicted octanol–water partition coefficient (Wildman–Crippen LogP) is 0.163. The molecule has 5 rings (SSSR count). The second-order valence-electron chi connectivity index (χ2n) is 9.30. The van der Waals surface area contributed by atoms with Gasteiger partial charge in [-0.2, -0.15) is 17.0 Å². The maximum absolute atomic E-state index is 13.6. The maximum atomic E-state index is 13.6. The molecule has 1 spiro atoms. The number of carbonyl (C=O) groups is 1. The minimum absolute atomic E-state index is 0.0789. The number of aliphatic hydroxyl groups excluding tert-OH is 1. The normalized spacial score (nSPS) is 23.2. The molecule has 2 aliphatic heterocycles. The highest BCUT2D eigenvalue weighted by molar-refractivity contribution is 7.86. The fourth-order valence-corrected chi connectivity index (χ4v) is 7.06. The number of aliphatic hydroxyl groups is 1. The molecular formula is C21H31N7O4S. The van der Waals surface area contributed by atoms with Crippen LogP contribution < -0.4 is 4.90 Å². The van der Waals surface area contributed by atoms with Gasteiger partial charge in [0, 0.05) is 58.4 Å². The van der Waals surface area contributed by atoms with Gasteiger partial charge in [0.25, 0.3) is 10.2 Å². The minimum atomic E-state index is -3.68. The van der Waals surface area contributed by atoms with Crippen LogP contribution in [0.3, 0.4) is 0 Å². The summed E-state index contributed by atoms with van der Waals surface area (Å²) >= 11 is 0. The van der Waals surface area contributed by atoms with Gasteiger partial charge in [-0.1, -0.05) is 0 Å². The molecule has 180 valence electrons. The zero-order valence-electron chi connectivity index (χ0n) is 18.9. The summed E-state index contributed by atoms with van der Waals surface area (Å²) in [5, 5.41) is 10.0. The standard InChI is InChI=1S/C21H31N7O4S/c1-25(13-16-3-2-9-27(16)18(30)5-12-29)33(31,32)28-11-10-26(14-21(28)6-7-21)20-17-4-8-22-19(17)23-15-24-20/h4,8,15-16,29H,2-3,5-7,9-14H2,1H3,(H,22,23,24)/t16-/m1/s1. The number of aromatic amines is 1. The van der Waals surface area contributed by atoms with Gasteiger partial charge in [0.2, 0.25) is 5.91 Å². The molecule has 0 bridgehead atoms. The summed E-state index contributed by atoms with van der Waals surface area (Å²) < 4.78 is 30.3. The van der Waals surface area contributed by atoms with Gasteiger partial charge in [0.05, 0.1) is 17.5 Å². The van der Waals surface area contributed by atoms with Crippen LogP contribution in [0, 0.1) is 0 Å². The lowest BCUT2D eigenvalue weighted by Gasteiger charge is -2.43. The molecule has 12 heteroatoms. The molecule has 11 nitrogen and oxygen atoms in total. The van der Waals surface area contributed by atoms with Crippen molar-refractivity contribution in [1.82, 2.24) is 28.5 Å². The smallest absolute Gasteiger partial charge is 0.282 e. The van der Waals surface area contributed by atoms with Crippen molar-refractivity contribution in [3.63, 3.8) is 0 Å². The lowest BCUT2D eigenvalue weighted by Crippen LogP contribution is -2.60. The fourth-order valence-electron chi connectivity index (χ4n) is 5.32. The summed E-state index contributed by atoms with van der Waals surface area (Å²) in [7, 11) is -2.07. The Morgan fingerprint density at radius 2 is 2.12 bits per heavy atom. The molecular weight excluding hydrogens is 446 g/mol. The van der Waals surface area contributed by atoms with Crippen LogP contribution in [0.2, 0.25) is 0 Å². The van der Waals surface area contributed by atoms with Gasteiger partial charge in [-0.25, -0.2) is 9.97 Å². The Labute approximate surface area is 193 Å². The van der Waals surface area contributed by atoms with Crippen molar-refractivity contribution in [2.75, 3.05) is 51.3 Å². The van der Waals surface area contributed by atoms with E-state index in [9.17, 15) is 13.2 Å². The minimum Gasteiger partial charge on any atom is -0.396 e. The Kier molecular flexibility index (Phi) is 5.79. The van der Waals surface area contributed by atoms with Gasteiger partial charge >= 0.3 is 0 Å². The Morgan fingerprint density at radius 3 is 2.88 bits per heavy atom. The first-order valence-corrected chi connectivity index (χ1v) is 12.9. The molecule has 2 aromatic heterocycles. The number of hydrogen-bond acceptors (Lipinski definition) is 7. The van der Waals surface area contributed by atoms with E-state index < -0.39 is 15.7 Å². The summed E-state index contributed by atoms with van der Waals surface area (Å²) in [4.78, 5) is 28.1. The number of fused-ring (bicyclic) bond motifs is 1. The third-order valence-electron chi connectivity index (χ3n) is 7.21. The quantitative estimate of drug-likeness (QED) is 0.582. The van der Waals surface area contributed by atoms with Gasteiger partial charge in [-0.3, -0.25) is 4.79 Å². The molecule has 3 fully saturated rings. The van der Waals surface area contributed by atoms with E-state index in [2.05, 4.69) is 19.9 Å². The van der Waals surface area contributed by atoms with E-state index in [0.29, 0.717) is 26.2 Å². The van der Waals surface area contributed by atoms with Crippen LogP contribution in [0.25, 0.3) is 11.0 Å². The van der Waals surface area contributed by atoms with E-state index in [1.165, 1.54) is 10.6 Å². The molecule has 2 saturated heterocycles. The summed E-state index contributed by atoms with van der Waals surface area (Å²) in [5.41, 5.74) is 0.359. The van der Waals surface area contributed by atoms with E-state index in [-0.39, 0.29) is 31.5 Å². The molecule has 2 aromatic rings. The van der Waals surface area contributed by atoms with Crippen LogP contribution in [0.5, 0.6) is 0 Å². The van der Waals surface area contributed by atoms with Gasteiger partial charge in [-0.05, 0) is 31.7 Å². The zero-order chi connectivity index (χ0) is 23.2. The number of amides is 1. The molecule has 0 unspecified atom stereocenters. The number of H-pyrrole nitrogens is 1. The number of rotatable bonds is 7. The van der Waals surface area contributed by atoms with Crippen LogP contribution in [0.4, 0.5) is 5.82 Å². The molecule has 4 heterocycles. The summed E-state index contributed by atoms with van der Waals surface area (Å²) in [6, 6.07) is 1.80. The Hall–Kier alpha value is -2.28. The van der Waals surface area contributed by atoms with Crippen molar-refractivity contribution in [3.8, 4) is 0 Å². The van der Waals surface area contributed by atoms with Crippen LogP contribution in [0.1, 0.15) is 32.1 Å². The van der Waals surface area contributed by atoms with Crippen molar-refractivity contribution in [1.29, 1.82) is 0 Å². The molecule has 2 N–H and O–H groups in total. The highest BCUT2D eigenvalue weighted by Gasteiger charge is 2.57. The summed E-state index contributed by atoms with van der Waals surface area (Å²) in [5.74, 6) is 0.723. The van der Waals surface area contributed by atoms with Crippen molar-refractivity contribution < 1.29 is 18.3 Å². The van der Waals surface area contributed by atoms with E-state index >= 15 is 0 Å². The molecule has 1 saturated carbocycles. The van der Waals surface area contributed by atoms with Crippen LogP contribution in [0.15, 0.2) is 18.6 Å². The molecule has 3 aliphatic rings. The van der Waals surface area contributed by atoms with Gasteiger partial charge in [0.1, 0.15) is 17.8 Å². The van der Waals surface area contributed by atoms with Crippen LogP contribution in [-0.4, -0.2) is 106 Å². The fraction of sp³-hybridized carbons (Fsp3) is 0.667. The average Bonchev–Trinajstić information content (AvgIpc) is 3.18. The first-order valence-electron chi connectivity index (χ1n) is 11.5. The summed E-state index contributed by atoms with van der Waals surface area (Å²) in [6.07, 6.45) is 6.72. The Morgan fingerprint density at radius 1 is 1.30 bits per heavy atom. The SMILES string of the molecule is CN(C[C@H]1CCCN1C(=O)CCO)S(=O)(=O)N1CCN(c2ncnc3[nH]ccc23)CC12CC2. The molecule has 1 aliphatic carbocycles. The third-order valence-corrected chi connectivity index (χ3v) is 9.27. The number of likely N-dealkylation sites (tertiary alicyclic amines) is 1. The first-order chi connectivity index (χ1) is 15.9. The second-order valence-corrected chi connectivity index (χ2v) is 11.3. The number of piperazine rings is 1. The van der Waals surface area contributed by atoms with Crippen molar-refractivity contribution in [2.24, 2.45) is 0 Å². The molecule has 0 radical (unpaired) electrons. The molecule has 1 amide bonds. The van der Waals surface area contributed by atoms with Gasteiger partial charge in [0.15, 0.2) is 0 Å². The van der Waals surface area contributed by atoms with E-state index in [1.807, 2.05) is 12.3 Å². The van der Waals surface area contributed by atoms with E-state index in [1.54, 1.807) is 16.3 Å². The predicted molar refractivity (Wildman–Crippen MR) is 123 cm³/mol. The Bertz CT molecular complexity index is 1130. The average molecular weight is 478 g/mol. The molecule has 33 heavy (non-hydrogen) atoms. The maximum Gasteiger partial charge on any atom is 0.282 e. The lowest BCUT2D eigenvalue weighted by atomic mass is 10.2. The van der Waals surface area contributed by atoms with Crippen molar-refractivity contribution in [3.05, 3.63) is 18.6 Å². The Balaban J connectivity index is 1.30. The van der Waals surface area contributed by atoms with E-state index in [4.69, 9.17) is 5.11 Å². The number of nitrogens with zero attached hydrogens (tertiary/aromatic N) is 6. The first kappa shape index (κ1) is 22.5. The van der Waals surface area contributed by atoms with E-state index in [0.717, 1.165) is 42.5 Å². The summed E-state index contributed by atoms with van der Waals surface area (Å²) in [6.45, 7) is 2.24. The lowest BCUT2D eigenvalue weighted by molar-refractivity contribution is -0.132. The number of hydrogen-bond donors (Lipinski definition) is 2. The van der Waals surface area contributed by atoms with Crippen molar-refractivity contribution >= 4 is 33.0 Å². The van der Waals surface area contributed by atoms with Crippen LogP contribution >= 0.6 is 0 Å². The number of aromatic nitrogens is 3. The largest absolute Gasteiger partial charge is 0.396 e. The molecule has 0 aromatic carbocycles. The highest BCUT2D eigenvalue weighted by atomic mass is 32.2. The number of carbonyl (C=O) groups excluding carboxylic acids is 1. The number of nitrogens with one attached hydrogen (secondary N) is 1. The second kappa shape index (κ2) is 8.49. The zero-order valence-corrected chi connectivity index (χ0v) is 19.7. The topological polar surface area (TPSA) is 126 Å². The van der Waals surface area contributed by atoms with Crippen LogP contribution in [-0.2, 0) is 15.0 Å². The number of likely N-dealkylation sites (N-methyl/N-ethyl adjacent to an activating group) is 1. The van der Waals surface area contributed by atoms with Crippen molar-refractivity contribution in [2.45, 2.75) is 43.7 Å². The monoisotopic (exact) mass is 477 g/mol.